The maximum Gasteiger partial charge on any atom is 0.238 e. The summed E-state index contributed by atoms with van der Waals surface area (Å²) < 4.78 is 13.4. The second kappa shape index (κ2) is 8.80. The maximum atomic E-state index is 13.4. The van der Waals surface area contributed by atoms with Crippen molar-refractivity contribution >= 4 is 23.2 Å². The van der Waals surface area contributed by atoms with Crippen molar-refractivity contribution < 1.29 is 9.18 Å². The van der Waals surface area contributed by atoms with E-state index in [2.05, 4.69) is 5.32 Å². The van der Waals surface area contributed by atoms with Crippen molar-refractivity contribution in [3.63, 3.8) is 0 Å². The molecule has 27 heavy (non-hydrogen) atoms. The van der Waals surface area contributed by atoms with Crippen LogP contribution in [0.4, 0.5) is 10.1 Å². The van der Waals surface area contributed by atoms with Crippen LogP contribution in [0.5, 0.6) is 0 Å². The van der Waals surface area contributed by atoms with Crippen molar-refractivity contribution in [2.24, 2.45) is 0 Å². The molecule has 1 N–H and O–H groups in total. The number of nitrogens with one attached hydrogen (secondary N) is 1. The summed E-state index contributed by atoms with van der Waals surface area (Å²) in [6.45, 7) is 0.170. The smallest absolute Gasteiger partial charge is 0.238 e. The van der Waals surface area contributed by atoms with E-state index in [0.29, 0.717) is 10.7 Å². The lowest BCUT2D eigenvalue weighted by Gasteiger charge is -2.28. The molecule has 3 nitrogen and oxygen atoms in total. The minimum atomic E-state index is -0.285. The van der Waals surface area contributed by atoms with Crippen molar-refractivity contribution in [1.29, 1.82) is 0 Å². The number of carbonyl (C=O) groups is 1. The van der Waals surface area contributed by atoms with Crippen LogP contribution in [0.3, 0.4) is 0 Å². The number of hydrogen-bond acceptors (Lipinski definition) is 2. The molecule has 3 rings (SSSR count). The van der Waals surface area contributed by atoms with Gasteiger partial charge in [0.1, 0.15) is 5.82 Å². The Kier molecular flexibility index (Phi) is 6.22. The summed E-state index contributed by atoms with van der Waals surface area (Å²) in [5.74, 6) is -0.435. The number of halogens is 2. The van der Waals surface area contributed by atoms with Gasteiger partial charge in [0, 0.05) is 10.7 Å². The highest BCUT2D eigenvalue weighted by atomic mass is 35.5. The maximum absolute atomic E-state index is 13.4. The van der Waals surface area contributed by atoms with E-state index in [-0.39, 0.29) is 24.3 Å². The van der Waals surface area contributed by atoms with Crippen molar-refractivity contribution in [3.05, 3.63) is 101 Å². The second-order valence-electron chi connectivity index (χ2n) is 6.34. The van der Waals surface area contributed by atoms with Crippen LogP contribution in [0, 0.1) is 5.82 Å². The van der Waals surface area contributed by atoms with E-state index in [9.17, 15) is 9.18 Å². The first-order valence-corrected chi connectivity index (χ1v) is 8.97. The average Bonchev–Trinajstić information content (AvgIpc) is 2.64. The van der Waals surface area contributed by atoms with E-state index in [1.807, 2.05) is 42.3 Å². The lowest BCUT2D eigenvalue weighted by atomic mass is 9.97. The Hall–Kier alpha value is -2.69. The molecule has 0 bridgehead atoms. The Morgan fingerprint density at radius 3 is 2.33 bits per heavy atom. The fraction of sp³-hybridized carbons (Fsp3) is 0.136. The summed E-state index contributed by atoms with van der Waals surface area (Å²) in [6.07, 6.45) is 0. The van der Waals surface area contributed by atoms with Gasteiger partial charge in [0.15, 0.2) is 0 Å². The Morgan fingerprint density at radius 2 is 1.67 bits per heavy atom. The highest BCUT2D eigenvalue weighted by Crippen LogP contribution is 2.27. The third-order valence-electron chi connectivity index (χ3n) is 4.24. The van der Waals surface area contributed by atoms with Crippen LogP contribution >= 0.6 is 11.6 Å². The van der Waals surface area contributed by atoms with Crippen molar-refractivity contribution in [3.8, 4) is 0 Å². The van der Waals surface area contributed by atoms with Gasteiger partial charge in [0.2, 0.25) is 5.91 Å². The van der Waals surface area contributed by atoms with Gasteiger partial charge < -0.3 is 5.32 Å². The second-order valence-corrected chi connectivity index (χ2v) is 6.77. The van der Waals surface area contributed by atoms with Gasteiger partial charge in [-0.1, -0.05) is 60.1 Å². The van der Waals surface area contributed by atoms with Crippen LogP contribution < -0.4 is 5.32 Å². The van der Waals surface area contributed by atoms with Gasteiger partial charge >= 0.3 is 0 Å². The predicted molar refractivity (Wildman–Crippen MR) is 107 cm³/mol. The number of hydrogen-bond donors (Lipinski definition) is 1. The monoisotopic (exact) mass is 382 g/mol. The fourth-order valence-electron chi connectivity index (χ4n) is 3.07. The van der Waals surface area contributed by atoms with Gasteiger partial charge in [-0.2, -0.15) is 0 Å². The Bertz CT molecular complexity index is 900. The average molecular weight is 383 g/mol. The molecule has 0 spiro atoms. The summed E-state index contributed by atoms with van der Waals surface area (Å²) in [5.41, 5.74) is 2.60. The van der Waals surface area contributed by atoms with E-state index in [0.717, 1.165) is 11.1 Å². The molecule has 1 amide bonds. The standard InChI is InChI=1S/C22H20ClFN2O/c1-26(15-21(27)25-20-9-5-8-18(23)14-20)22(16-6-3-2-4-7-16)17-10-12-19(24)13-11-17/h2-14,22H,15H2,1H3,(H,25,27)/t22-/m0/s1. The normalized spacial score (nSPS) is 12.0. The number of rotatable bonds is 6. The highest BCUT2D eigenvalue weighted by Gasteiger charge is 2.21. The number of amides is 1. The van der Waals surface area contributed by atoms with Gasteiger partial charge in [-0.05, 0) is 48.5 Å². The zero-order valence-corrected chi connectivity index (χ0v) is 15.7. The molecule has 0 saturated heterocycles. The quantitative estimate of drug-likeness (QED) is 0.640. The first-order valence-electron chi connectivity index (χ1n) is 8.59. The van der Waals surface area contributed by atoms with Crippen molar-refractivity contribution in [2.75, 3.05) is 18.9 Å². The number of carbonyl (C=O) groups excluding carboxylic acids is 1. The summed E-state index contributed by atoms with van der Waals surface area (Å²) in [7, 11) is 1.87. The van der Waals surface area contributed by atoms with Crippen molar-refractivity contribution in [2.45, 2.75) is 6.04 Å². The summed E-state index contributed by atoms with van der Waals surface area (Å²) in [5, 5.41) is 3.42. The summed E-state index contributed by atoms with van der Waals surface area (Å²) in [4.78, 5) is 14.4. The van der Waals surface area contributed by atoms with Gasteiger partial charge in [0.05, 0.1) is 12.6 Å². The third-order valence-corrected chi connectivity index (χ3v) is 4.48. The predicted octanol–water partition coefficient (Wildman–Crippen LogP) is 5.14. The summed E-state index contributed by atoms with van der Waals surface area (Å²) in [6, 6.07) is 23.1. The van der Waals surface area contributed by atoms with Crippen LogP contribution in [0.15, 0.2) is 78.9 Å². The lowest BCUT2D eigenvalue weighted by Crippen LogP contribution is -2.34. The Balaban J connectivity index is 1.79. The van der Waals surface area contributed by atoms with Crippen LogP contribution in [0.2, 0.25) is 5.02 Å². The van der Waals surface area contributed by atoms with Crippen LogP contribution in [0.25, 0.3) is 0 Å². The zero-order valence-electron chi connectivity index (χ0n) is 14.9. The van der Waals surface area contributed by atoms with E-state index in [1.54, 1.807) is 36.4 Å². The summed E-state index contributed by atoms with van der Waals surface area (Å²) >= 11 is 5.96. The molecule has 0 aliphatic heterocycles. The molecular formula is C22H20ClFN2O. The van der Waals surface area contributed by atoms with Gasteiger partial charge in [-0.25, -0.2) is 4.39 Å². The number of anilines is 1. The van der Waals surface area contributed by atoms with E-state index in [4.69, 9.17) is 11.6 Å². The minimum Gasteiger partial charge on any atom is -0.325 e. The van der Waals surface area contributed by atoms with E-state index < -0.39 is 0 Å². The third kappa shape index (κ3) is 5.16. The van der Waals surface area contributed by atoms with Gasteiger partial charge in [-0.15, -0.1) is 0 Å². The molecular weight excluding hydrogens is 363 g/mol. The van der Waals surface area contributed by atoms with Crippen LogP contribution in [-0.2, 0) is 4.79 Å². The first kappa shape index (κ1) is 19.1. The molecule has 0 aromatic heterocycles. The molecule has 0 unspecified atom stereocenters. The molecule has 138 valence electrons. The number of benzene rings is 3. The topological polar surface area (TPSA) is 32.3 Å². The number of likely N-dealkylation sites (N-methyl/N-ethyl adjacent to an activating group) is 1. The highest BCUT2D eigenvalue weighted by molar-refractivity contribution is 6.30. The fourth-order valence-corrected chi connectivity index (χ4v) is 3.26. The minimum absolute atomic E-state index is 0.150. The van der Waals surface area contributed by atoms with Gasteiger partial charge in [-0.3, -0.25) is 9.69 Å². The van der Waals surface area contributed by atoms with E-state index in [1.165, 1.54) is 12.1 Å². The molecule has 0 aliphatic carbocycles. The molecule has 5 heteroatoms. The van der Waals surface area contributed by atoms with Crippen molar-refractivity contribution in [1.82, 2.24) is 4.90 Å². The van der Waals surface area contributed by atoms with Crippen LogP contribution in [0.1, 0.15) is 17.2 Å². The Morgan fingerprint density at radius 1 is 1.00 bits per heavy atom. The molecule has 0 saturated carbocycles. The molecule has 0 aliphatic rings. The molecule has 3 aromatic rings. The lowest BCUT2D eigenvalue weighted by molar-refractivity contribution is -0.117. The zero-order chi connectivity index (χ0) is 19.2. The SMILES string of the molecule is CN(CC(=O)Nc1cccc(Cl)c1)[C@@H](c1ccccc1)c1ccc(F)cc1. The molecule has 1 atom stereocenters. The number of nitrogens with zero attached hydrogens (tertiary/aromatic N) is 1. The molecule has 0 heterocycles. The molecule has 0 fully saturated rings. The first-order chi connectivity index (χ1) is 13.0. The molecule has 0 radical (unpaired) electrons. The molecule has 3 aromatic carbocycles. The largest absolute Gasteiger partial charge is 0.325 e. The van der Waals surface area contributed by atoms with Crippen LogP contribution in [-0.4, -0.2) is 24.4 Å². The Labute approximate surface area is 163 Å². The van der Waals surface area contributed by atoms with Gasteiger partial charge in [0.25, 0.3) is 0 Å². The van der Waals surface area contributed by atoms with E-state index >= 15 is 0 Å².